The van der Waals surface area contributed by atoms with E-state index in [4.69, 9.17) is 4.74 Å². The summed E-state index contributed by atoms with van der Waals surface area (Å²) in [7, 11) is 1.58. The Hall–Kier alpha value is -3.10. The average molecular weight is 452 g/mol. The third kappa shape index (κ3) is 4.50. The number of carbonyl (C=O) groups excluding carboxylic acids is 1. The summed E-state index contributed by atoms with van der Waals surface area (Å²) in [6.45, 7) is 4.04. The van der Waals surface area contributed by atoms with Gasteiger partial charge in [-0.3, -0.25) is 14.2 Å². The molecule has 1 N–H and O–H groups in total. The second-order valence-electron chi connectivity index (χ2n) is 7.01. The van der Waals surface area contributed by atoms with Crippen LogP contribution in [-0.2, 0) is 4.79 Å². The lowest BCUT2D eigenvalue weighted by atomic mass is 10.1. The molecule has 158 valence electrons. The van der Waals surface area contributed by atoms with Crippen LogP contribution in [0.5, 0.6) is 5.75 Å². The second-order valence-corrected chi connectivity index (χ2v) is 8.87. The minimum absolute atomic E-state index is 0.115. The third-order valence-corrected chi connectivity index (χ3v) is 6.71. The van der Waals surface area contributed by atoms with Gasteiger partial charge in [0.25, 0.3) is 5.56 Å². The van der Waals surface area contributed by atoms with Crippen LogP contribution in [0.2, 0.25) is 0 Å². The van der Waals surface area contributed by atoms with Crippen LogP contribution in [0.1, 0.15) is 11.1 Å². The van der Waals surface area contributed by atoms with E-state index in [1.54, 1.807) is 23.8 Å². The highest BCUT2D eigenvalue weighted by molar-refractivity contribution is 7.99. The molecule has 0 unspecified atom stereocenters. The minimum atomic E-state index is -0.190. The molecular weight excluding hydrogens is 430 g/mol. The molecule has 0 aliphatic rings. The molecule has 0 saturated heterocycles. The number of benzene rings is 2. The number of aryl methyl sites for hydroxylation is 2. The molecule has 1 amide bonds. The summed E-state index contributed by atoms with van der Waals surface area (Å²) in [6.07, 6.45) is 0. The number of anilines is 1. The molecule has 2 aromatic carbocycles. The molecule has 0 spiro atoms. The second kappa shape index (κ2) is 8.95. The van der Waals surface area contributed by atoms with Crippen LogP contribution in [0.4, 0.5) is 5.69 Å². The van der Waals surface area contributed by atoms with E-state index in [1.807, 2.05) is 55.6 Å². The molecule has 0 saturated carbocycles. The van der Waals surface area contributed by atoms with Crippen LogP contribution >= 0.6 is 23.1 Å². The first-order valence-corrected chi connectivity index (χ1v) is 11.5. The maximum absolute atomic E-state index is 13.2. The van der Waals surface area contributed by atoms with Gasteiger partial charge in [0, 0.05) is 11.8 Å². The summed E-state index contributed by atoms with van der Waals surface area (Å²) in [6, 6.07) is 14.9. The molecular formula is C23H21N3O3S2. The number of carbonyl (C=O) groups is 1. The molecule has 2 heterocycles. The van der Waals surface area contributed by atoms with E-state index in [-0.39, 0.29) is 17.2 Å². The van der Waals surface area contributed by atoms with E-state index in [1.165, 1.54) is 23.1 Å². The predicted octanol–water partition coefficient (Wildman–Crippen LogP) is 4.80. The van der Waals surface area contributed by atoms with E-state index in [2.05, 4.69) is 10.3 Å². The number of nitrogens with one attached hydrogen (secondary N) is 1. The fraction of sp³-hybridized carbons (Fsp3) is 0.174. The molecule has 0 radical (unpaired) electrons. The van der Waals surface area contributed by atoms with Gasteiger partial charge >= 0.3 is 0 Å². The molecule has 4 aromatic rings. The van der Waals surface area contributed by atoms with Gasteiger partial charge in [-0.2, -0.15) is 0 Å². The van der Waals surface area contributed by atoms with Gasteiger partial charge < -0.3 is 10.1 Å². The summed E-state index contributed by atoms with van der Waals surface area (Å²) < 4.78 is 7.38. The molecule has 0 bridgehead atoms. The van der Waals surface area contributed by atoms with Crippen molar-refractivity contribution in [3.8, 4) is 11.4 Å². The van der Waals surface area contributed by atoms with E-state index >= 15 is 0 Å². The first-order chi connectivity index (χ1) is 15.0. The van der Waals surface area contributed by atoms with Crippen LogP contribution in [-0.4, -0.2) is 28.3 Å². The Labute approximate surface area is 187 Å². The Kier molecular flexibility index (Phi) is 6.11. The van der Waals surface area contributed by atoms with Crippen LogP contribution < -0.4 is 15.6 Å². The number of hydrogen-bond acceptors (Lipinski definition) is 6. The maximum atomic E-state index is 13.2. The van der Waals surface area contributed by atoms with E-state index in [0.29, 0.717) is 26.8 Å². The van der Waals surface area contributed by atoms with Gasteiger partial charge in [0.15, 0.2) is 5.16 Å². The van der Waals surface area contributed by atoms with Crippen molar-refractivity contribution in [3.63, 3.8) is 0 Å². The maximum Gasteiger partial charge on any atom is 0.276 e. The molecule has 31 heavy (non-hydrogen) atoms. The molecule has 6 nitrogen and oxygen atoms in total. The predicted molar refractivity (Wildman–Crippen MR) is 127 cm³/mol. The topological polar surface area (TPSA) is 73.2 Å². The lowest BCUT2D eigenvalue weighted by molar-refractivity contribution is -0.113. The van der Waals surface area contributed by atoms with Gasteiger partial charge in [0.05, 0.1) is 24.1 Å². The van der Waals surface area contributed by atoms with Crippen molar-refractivity contribution in [2.75, 3.05) is 18.2 Å². The van der Waals surface area contributed by atoms with Crippen LogP contribution in [0, 0.1) is 13.8 Å². The summed E-state index contributed by atoms with van der Waals surface area (Å²) >= 11 is 2.61. The van der Waals surface area contributed by atoms with Crippen molar-refractivity contribution in [1.82, 2.24) is 9.55 Å². The molecule has 0 atom stereocenters. The van der Waals surface area contributed by atoms with E-state index in [9.17, 15) is 9.59 Å². The Morgan fingerprint density at radius 2 is 2.00 bits per heavy atom. The highest BCUT2D eigenvalue weighted by Gasteiger charge is 2.16. The summed E-state index contributed by atoms with van der Waals surface area (Å²) in [4.78, 5) is 30.4. The number of rotatable bonds is 6. The molecule has 0 aliphatic heterocycles. The smallest absolute Gasteiger partial charge is 0.276 e. The number of hydrogen-bond donors (Lipinski definition) is 1. The van der Waals surface area contributed by atoms with Crippen molar-refractivity contribution >= 4 is 44.9 Å². The quantitative estimate of drug-likeness (QED) is 0.337. The Morgan fingerprint density at radius 3 is 2.77 bits per heavy atom. The van der Waals surface area contributed by atoms with Gasteiger partial charge in [-0.05, 0) is 60.7 Å². The van der Waals surface area contributed by atoms with Crippen molar-refractivity contribution in [1.29, 1.82) is 0 Å². The number of thiophene rings is 1. The Bertz CT molecular complexity index is 1330. The summed E-state index contributed by atoms with van der Waals surface area (Å²) in [5.74, 6) is 0.590. The first kappa shape index (κ1) is 21.1. The lowest BCUT2D eigenvalue weighted by Gasteiger charge is -2.13. The zero-order valence-electron chi connectivity index (χ0n) is 17.3. The normalized spacial score (nSPS) is 10.9. The number of ether oxygens (including phenoxy) is 1. The van der Waals surface area contributed by atoms with Gasteiger partial charge in [-0.15, -0.1) is 11.3 Å². The van der Waals surface area contributed by atoms with Crippen molar-refractivity contribution in [2.45, 2.75) is 19.0 Å². The number of nitrogens with zero attached hydrogens (tertiary/aromatic N) is 2. The van der Waals surface area contributed by atoms with Gasteiger partial charge in [-0.25, -0.2) is 4.98 Å². The molecule has 0 fully saturated rings. The molecule has 4 rings (SSSR count). The average Bonchev–Trinajstić information content (AvgIpc) is 3.24. The van der Waals surface area contributed by atoms with Crippen LogP contribution in [0.3, 0.4) is 0 Å². The highest BCUT2D eigenvalue weighted by Crippen LogP contribution is 2.25. The minimum Gasteiger partial charge on any atom is -0.497 e. The molecule has 8 heteroatoms. The monoisotopic (exact) mass is 451 g/mol. The number of amides is 1. The zero-order valence-corrected chi connectivity index (χ0v) is 19.0. The number of methoxy groups -OCH3 is 1. The number of aromatic nitrogens is 2. The first-order valence-electron chi connectivity index (χ1n) is 9.61. The number of thioether (sulfide) groups is 1. The van der Waals surface area contributed by atoms with Gasteiger partial charge in [-0.1, -0.05) is 23.9 Å². The van der Waals surface area contributed by atoms with Crippen molar-refractivity contribution in [3.05, 3.63) is 75.4 Å². The highest BCUT2D eigenvalue weighted by atomic mass is 32.2. The number of fused-ring (bicyclic) bond motifs is 1. The van der Waals surface area contributed by atoms with E-state index < -0.39 is 0 Å². The van der Waals surface area contributed by atoms with E-state index in [0.717, 1.165) is 16.8 Å². The fourth-order valence-corrected chi connectivity index (χ4v) is 4.68. The fourth-order valence-electron chi connectivity index (χ4n) is 3.11. The van der Waals surface area contributed by atoms with Crippen LogP contribution in [0.25, 0.3) is 15.9 Å². The van der Waals surface area contributed by atoms with Crippen LogP contribution in [0.15, 0.2) is 63.9 Å². The Balaban J connectivity index is 1.64. The standard InChI is InChI=1S/C23H21N3O3S2/c1-14-7-8-17(11-15(14)2)26-22(28)21-19(9-10-30-21)25-23(26)31-13-20(27)24-16-5-4-6-18(12-16)29-3/h4-12H,13H2,1-3H3,(H,24,27). The van der Waals surface area contributed by atoms with Crippen molar-refractivity contribution in [2.24, 2.45) is 0 Å². The van der Waals surface area contributed by atoms with Crippen molar-refractivity contribution < 1.29 is 9.53 Å². The lowest BCUT2D eigenvalue weighted by Crippen LogP contribution is -2.22. The summed E-state index contributed by atoms with van der Waals surface area (Å²) in [5.41, 5.74) is 4.14. The third-order valence-electron chi connectivity index (χ3n) is 4.88. The largest absolute Gasteiger partial charge is 0.497 e. The Morgan fingerprint density at radius 1 is 1.16 bits per heavy atom. The SMILES string of the molecule is COc1cccc(NC(=O)CSc2nc3ccsc3c(=O)n2-c2ccc(C)c(C)c2)c1. The summed E-state index contributed by atoms with van der Waals surface area (Å²) in [5, 5.41) is 5.20. The van der Waals surface area contributed by atoms with Gasteiger partial charge in [0.2, 0.25) is 5.91 Å². The molecule has 2 aromatic heterocycles. The zero-order chi connectivity index (χ0) is 22.0. The van der Waals surface area contributed by atoms with Gasteiger partial charge in [0.1, 0.15) is 10.4 Å². The molecule has 0 aliphatic carbocycles.